The third-order valence-electron chi connectivity index (χ3n) is 4.52. The van der Waals surface area contributed by atoms with Crippen LogP contribution in [0.25, 0.3) is 0 Å². The van der Waals surface area contributed by atoms with E-state index in [1.54, 1.807) is 0 Å². The second-order valence-electron chi connectivity index (χ2n) is 6.19. The summed E-state index contributed by atoms with van der Waals surface area (Å²) in [6, 6.07) is 8.18. The van der Waals surface area contributed by atoms with Gasteiger partial charge in [0.2, 0.25) is 5.91 Å². The number of nitrogens with zero attached hydrogens (tertiary/aromatic N) is 1. The van der Waals surface area contributed by atoms with Gasteiger partial charge < -0.3 is 15.0 Å². The third kappa shape index (κ3) is 5.87. The Bertz CT molecular complexity index is 480. The summed E-state index contributed by atoms with van der Waals surface area (Å²) in [7, 11) is 0. The summed E-state index contributed by atoms with van der Waals surface area (Å²) in [5.41, 5.74) is 2.14. The number of hydrogen-bond donors (Lipinski definition) is 1. The molecule has 23 heavy (non-hydrogen) atoms. The molecule has 0 aliphatic heterocycles. The Labute approximate surface area is 140 Å². The summed E-state index contributed by atoms with van der Waals surface area (Å²) in [5.74, 6) is 0.138. The van der Waals surface area contributed by atoms with Crippen LogP contribution in [-0.4, -0.2) is 36.5 Å². The van der Waals surface area contributed by atoms with Gasteiger partial charge in [0.15, 0.2) is 0 Å². The SMILES string of the molecule is CCN(CC)C(=O)CNc1cccc(COC2CCCCC2)c1. The van der Waals surface area contributed by atoms with Crippen LogP contribution in [0, 0.1) is 0 Å². The van der Waals surface area contributed by atoms with Gasteiger partial charge in [-0.25, -0.2) is 0 Å². The molecular formula is C19H30N2O2. The smallest absolute Gasteiger partial charge is 0.241 e. The molecule has 1 N–H and O–H groups in total. The van der Waals surface area contributed by atoms with Gasteiger partial charge >= 0.3 is 0 Å². The van der Waals surface area contributed by atoms with E-state index in [2.05, 4.69) is 17.4 Å². The first kappa shape index (κ1) is 17.8. The molecule has 0 heterocycles. The van der Waals surface area contributed by atoms with Crippen molar-refractivity contribution in [3.8, 4) is 0 Å². The monoisotopic (exact) mass is 318 g/mol. The highest BCUT2D eigenvalue weighted by Crippen LogP contribution is 2.22. The molecule has 1 saturated carbocycles. The molecule has 1 amide bonds. The molecule has 1 aromatic carbocycles. The Morgan fingerprint density at radius 2 is 1.96 bits per heavy atom. The van der Waals surface area contributed by atoms with Gasteiger partial charge in [-0.2, -0.15) is 0 Å². The van der Waals surface area contributed by atoms with Crippen LogP contribution in [0.2, 0.25) is 0 Å². The standard InChI is InChI=1S/C19H30N2O2/c1-3-21(4-2)19(22)14-20-17-10-8-9-16(13-17)15-23-18-11-6-5-7-12-18/h8-10,13,18,20H,3-7,11-12,14-15H2,1-2H3. The van der Waals surface area contributed by atoms with Crippen molar-refractivity contribution in [2.75, 3.05) is 25.0 Å². The van der Waals surface area contributed by atoms with Crippen molar-refractivity contribution in [1.82, 2.24) is 4.90 Å². The van der Waals surface area contributed by atoms with Crippen molar-refractivity contribution in [3.05, 3.63) is 29.8 Å². The van der Waals surface area contributed by atoms with Gasteiger partial charge in [-0.05, 0) is 44.4 Å². The maximum atomic E-state index is 12.0. The first-order chi connectivity index (χ1) is 11.2. The molecule has 1 aromatic rings. The van der Waals surface area contributed by atoms with E-state index in [0.717, 1.165) is 24.3 Å². The summed E-state index contributed by atoms with van der Waals surface area (Å²) in [6.45, 7) is 6.52. The van der Waals surface area contributed by atoms with E-state index in [4.69, 9.17) is 4.74 Å². The minimum absolute atomic E-state index is 0.138. The lowest BCUT2D eigenvalue weighted by Crippen LogP contribution is -2.35. The van der Waals surface area contributed by atoms with E-state index in [1.165, 1.54) is 32.1 Å². The highest BCUT2D eigenvalue weighted by molar-refractivity contribution is 5.80. The average molecular weight is 318 g/mol. The van der Waals surface area contributed by atoms with Gasteiger partial charge in [-0.1, -0.05) is 31.4 Å². The second-order valence-corrected chi connectivity index (χ2v) is 6.19. The van der Waals surface area contributed by atoms with Crippen LogP contribution in [0.4, 0.5) is 5.69 Å². The van der Waals surface area contributed by atoms with Crippen LogP contribution in [0.5, 0.6) is 0 Å². The maximum absolute atomic E-state index is 12.0. The van der Waals surface area contributed by atoms with Gasteiger partial charge in [-0.15, -0.1) is 0 Å². The zero-order valence-corrected chi connectivity index (χ0v) is 14.5. The Hall–Kier alpha value is -1.55. The number of hydrogen-bond acceptors (Lipinski definition) is 3. The molecule has 1 fully saturated rings. The van der Waals surface area contributed by atoms with Gasteiger partial charge in [0.05, 0.1) is 19.3 Å². The number of rotatable bonds is 8. The molecule has 2 rings (SSSR count). The van der Waals surface area contributed by atoms with Crippen LogP contribution < -0.4 is 5.32 Å². The minimum atomic E-state index is 0.138. The van der Waals surface area contributed by atoms with Crippen LogP contribution in [0.1, 0.15) is 51.5 Å². The van der Waals surface area contributed by atoms with Gasteiger partial charge in [0.1, 0.15) is 0 Å². The molecular weight excluding hydrogens is 288 g/mol. The average Bonchev–Trinajstić information content (AvgIpc) is 2.60. The number of anilines is 1. The number of ether oxygens (including phenoxy) is 1. The molecule has 1 aliphatic rings. The summed E-state index contributed by atoms with van der Waals surface area (Å²) in [6.07, 6.45) is 6.73. The number of carbonyl (C=O) groups excluding carboxylic acids is 1. The predicted octanol–water partition coefficient (Wildman–Crippen LogP) is 3.82. The molecule has 4 heteroatoms. The van der Waals surface area contributed by atoms with Crippen molar-refractivity contribution in [2.45, 2.75) is 58.7 Å². The van der Waals surface area contributed by atoms with E-state index in [-0.39, 0.29) is 5.91 Å². The number of likely N-dealkylation sites (N-methyl/N-ethyl adjacent to an activating group) is 1. The second kappa shape index (κ2) is 9.56. The van der Waals surface area contributed by atoms with E-state index in [1.807, 2.05) is 30.9 Å². The van der Waals surface area contributed by atoms with E-state index in [0.29, 0.717) is 19.3 Å². The number of benzene rings is 1. The quantitative estimate of drug-likeness (QED) is 0.792. The lowest BCUT2D eigenvalue weighted by atomic mass is 9.98. The zero-order chi connectivity index (χ0) is 16.5. The topological polar surface area (TPSA) is 41.6 Å². The lowest BCUT2D eigenvalue weighted by Gasteiger charge is -2.22. The van der Waals surface area contributed by atoms with Crippen molar-refractivity contribution in [3.63, 3.8) is 0 Å². The fraction of sp³-hybridized carbons (Fsp3) is 0.632. The van der Waals surface area contributed by atoms with Crippen LogP contribution in [0.15, 0.2) is 24.3 Å². The normalized spacial score (nSPS) is 15.4. The Balaban J connectivity index is 1.80. The zero-order valence-electron chi connectivity index (χ0n) is 14.5. The molecule has 0 atom stereocenters. The fourth-order valence-corrected chi connectivity index (χ4v) is 3.08. The number of nitrogens with one attached hydrogen (secondary N) is 1. The molecule has 1 aliphatic carbocycles. The van der Waals surface area contributed by atoms with Crippen molar-refractivity contribution in [2.24, 2.45) is 0 Å². The van der Waals surface area contributed by atoms with Gasteiger partial charge in [0.25, 0.3) is 0 Å². The Kier molecular flexibility index (Phi) is 7.40. The summed E-state index contributed by atoms with van der Waals surface area (Å²) in [5, 5.41) is 3.23. The summed E-state index contributed by atoms with van der Waals surface area (Å²) < 4.78 is 6.02. The highest BCUT2D eigenvalue weighted by atomic mass is 16.5. The van der Waals surface area contributed by atoms with E-state index in [9.17, 15) is 4.79 Å². The largest absolute Gasteiger partial charge is 0.376 e. The first-order valence-electron chi connectivity index (χ1n) is 8.95. The maximum Gasteiger partial charge on any atom is 0.241 e. The number of carbonyl (C=O) groups is 1. The summed E-state index contributed by atoms with van der Waals surface area (Å²) >= 11 is 0. The molecule has 0 spiro atoms. The van der Waals surface area contributed by atoms with E-state index < -0.39 is 0 Å². The molecule has 0 saturated heterocycles. The van der Waals surface area contributed by atoms with Crippen LogP contribution in [0.3, 0.4) is 0 Å². The van der Waals surface area contributed by atoms with Gasteiger partial charge in [-0.3, -0.25) is 4.79 Å². The van der Waals surface area contributed by atoms with Crippen molar-refractivity contribution < 1.29 is 9.53 Å². The number of amides is 1. The predicted molar refractivity (Wildman–Crippen MR) is 94.5 cm³/mol. The summed E-state index contributed by atoms with van der Waals surface area (Å²) in [4.78, 5) is 13.9. The Morgan fingerprint density at radius 1 is 1.22 bits per heavy atom. The van der Waals surface area contributed by atoms with Crippen LogP contribution in [-0.2, 0) is 16.1 Å². The molecule has 0 aromatic heterocycles. The molecule has 0 radical (unpaired) electrons. The first-order valence-corrected chi connectivity index (χ1v) is 8.95. The van der Waals surface area contributed by atoms with E-state index >= 15 is 0 Å². The van der Waals surface area contributed by atoms with Gasteiger partial charge in [0, 0.05) is 18.8 Å². The highest BCUT2D eigenvalue weighted by Gasteiger charge is 2.13. The molecule has 0 unspecified atom stereocenters. The third-order valence-corrected chi connectivity index (χ3v) is 4.52. The fourth-order valence-electron chi connectivity index (χ4n) is 3.08. The van der Waals surface area contributed by atoms with Crippen LogP contribution >= 0.6 is 0 Å². The Morgan fingerprint density at radius 3 is 2.65 bits per heavy atom. The minimum Gasteiger partial charge on any atom is -0.376 e. The molecule has 4 nitrogen and oxygen atoms in total. The van der Waals surface area contributed by atoms with Crippen molar-refractivity contribution >= 4 is 11.6 Å². The molecule has 128 valence electrons. The lowest BCUT2D eigenvalue weighted by molar-refractivity contribution is -0.128. The van der Waals surface area contributed by atoms with Crippen molar-refractivity contribution in [1.29, 1.82) is 0 Å². The molecule has 0 bridgehead atoms.